The van der Waals surface area contributed by atoms with E-state index in [0.717, 1.165) is 19.3 Å². The van der Waals surface area contributed by atoms with E-state index in [4.69, 9.17) is 5.73 Å². The molecule has 0 heterocycles. The summed E-state index contributed by atoms with van der Waals surface area (Å²) in [5.41, 5.74) is 8.28. The summed E-state index contributed by atoms with van der Waals surface area (Å²) in [5.74, 6) is 0.152. The lowest BCUT2D eigenvalue weighted by molar-refractivity contribution is -0.132. The predicted octanol–water partition coefficient (Wildman–Crippen LogP) is 2.22. The van der Waals surface area contributed by atoms with E-state index in [1.165, 1.54) is 11.1 Å². The second-order valence-electron chi connectivity index (χ2n) is 5.63. The summed E-state index contributed by atoms with van der Waals surface area (Å²) in [6.07, 6.45) is 3.61. The molecule has 2 rings (SSSR count). The Kier molecular flexibility index (Phi) is 3.71. The number of rotatable bonds is 4. The molecule has 1 aromatic rings. The van der Waals surface area contributed by atoms with Crippen molar-refractivity contribution in [2.45, 2.75) is 44.7 Å². The van der Waals surface area contributed by atoms with Crippen LogP contribution < -0.4 is 5.73 Å². The van der Waals surface area contributed by atoms with Crippen LogP contribution in [0, 0.1) is 6.92 Å². The second kappa shape index (κ2) is 5.11. The first-order valence-corrected chi connectivity index (χ1v) is 6.57. The van der Waals surface area contributed by atoms with E-state index < -0.39 is 0 Å². The van der Waals surface area contributed by atoms with Crippen LogP contribution in [0.3, 0.4) is 0 Å². The average Bonchev–Trinajstić information content (AvgIpc) is 2.26. The normalized spacial score (nSPS) is 17.1. The summed E-state index contributed by atoms with van der Waals surface area (Å²) in [4.78, 5) is 13.9. The highest BCUT2D eigenvalue weighted by molar-refractivity contribution is 5.77. The molecule has 0 aromatic heterocycles. The number of hydrogen-bond acceptors (Lipinski definition) is 2. The maximum absolute atomic E-state index is 12.1. The highest BCUT2D eigenvalue weighted by atomic mass is 16.2. The largest absolute Gasteiger partial charge is 0.341 e. The lowest BCUT2D eigenvalue weighted by atomic mass is 9.75. The zero-order chi connectivity index (χ0) is 13.2. The molecule has 1 saturated carbocycles. The van der Waals surface area contributed by atoms with E-state index in [1.54, 1.807) is 4.90 Å². The molecular formula is C15H22N2O. The van der Waals surface area contributed by atoms with Crippen molar-refractivity contribution < 1.29 is 4.79 Å². The van der Waals surface area contributed by atoms with Crippen LogP contribution in [-0.4, -0.2) is 23.4 Å². The van der Waals surface area contributed by atoms with E-state index in [0.29, 0.717) is 13.0 Å². The van der Waals surface area contributed by atoms with Gasteiger partial charge in [0.2, 0.25) is 5.91 Å². The van der Waals surface area contributed by atoms with Crippen molar-refractivity contribution >= 4 is 5.91 Å². The van der Waals surface area contributed by atoms with Gasteiger partial charge >= 0.3 is 0 Å². The summed E-state index contributed by atoms with van der Waals surface area (Å²) in [5, 5.41) is 0. The Morgan fingerprint density at radius 1 is 1.44 bits per heavy atom. The molecule has 1 fully saturated rings. The minimum atomic E-state index is -0.224. The molecular weight excluding hydrogens is 224 g/mol. The van der Waals surface area contributed by atoms with Gasteiger partial charge in [-0.1, -0.05) is 29.8 Å². The van der Waals surface area contributed by atoms with Gasteiger partial charge in [0.25, 0.3) is 0 Å². The van der Waals surface area contributed by atoms with Crippen LogP contribution in [0.25, 0.3) is 0 Å². The SMILES string of the molecule is Cc1cccc(CN(C)C(=O)CC2(N)CCC2)c1. The summed E-state index contributed by atoms with van der Waals surface area (Å²) < 4.78 is 0. The number of nitrogens with zero attached hydrogens (tertiary/aromatic N) is 1. The first kappa shape index (κ1) is 13.1. The smallest absolute Gasteiger partial charge is 0.224 e. The van der Waals surface area contributed by atoms with Crippen molar-refractivity contribution in [3.05, 3.63) is 35.4 Å². The molecule has 0 bridgehead atoms. The molecule has 1 amide bonds. The topological polar surface area (TPSA) is 46.3 Å². The maximum Gasteiger partial charge on any atom is 0.224 e. The molecule has 0 saturated heterocycles. The van der Waals surface area contributed by atoms with E-state index >= 15 is 0 Å². The van der Waals surface area contributed by atoms with Crippen molar-refractivity contribution in [3.63, 3.8) is 0 Å². The Hall–Kier alpha value is -1.35. The van der Waals surface area contributed by atoms with Gasteiger partial charge in [-0.05, 0) is 31.7 Å². The first-order chi connectivity index (χ1) is 8.48. The van der Waals surface area contributed by atoms with Crippen molar-refractivity contribution in [1.29, 1.82) is 0 Å². The Balaban J connectivity index is 1.91. The maximum atomic E-state index is 12.1. The quantitative estimate of drug-likeness (QED) is 0.885. The number of benzene rings is 1. The zero-order valence-corrected chi connectivity index (χ0v) is 11.3. The third-order valence-electron chi connectivity index (χ3n) is 3.78. The molecule has 0 aliphatic heterocycles. The van der Waals surface area contributed by atoms with Gasteiger partial charge in [0.1, 0.15) is 0 Å². The van der Waals surface area contributed by atoms with Crippen molar-refractivity contribution in [2.24, 2.45) is 5.73 Å². The molecule has 3 nitrogen and oxygen atoms in total. The number of carbonyl (C=O) groups is 1. The van der Waals surface area contributed by atoms with E-state index in [2.05, 4.69) is 25.1 Å². The fraction of sp³-hybridized carbons (Fsp3) is 0.533. The molecule has 1 aliphatic carbocycles. The minimum Gasteiger partial charge on any atom is -0.341 e. The summed E-state index contributed by atoms with van der Waals surface area (Å²) in [7, 11) is 1.85. The number of amides is 1. The van der Waals surface area contributed by atoms with Crippen LogP contribution >= 0.6 is 0 Å². The lowest BCUT2D eigenvalue weighted by Crippen LogP contribution is -2.50. The Labute approximate surface area is 109 Å². The molecule has 0 radical (unpaired) electrons. The van der Waals surface area contributed by atoms with Crippen LogP contribution in [0.4, 0.5) is 0 Å². The van der Waals surface area contributed by atoms with Gasteiger partial charge in [0.05, 0.1) is 0 Å². The van der Waals surface area contributed by atoms with Crippen LogP contribution in [-0.2, 0) is 11.3 Å². The first-order valence-electron chi connectivity index (χ1n) is 6.57. The molecule has 18 heavy (non-hydrogen) atoms. The third kappa shape index (κ3) is 3.10. The number of aryl methyl sites for hydroxylation is 1. The minimum absolute atomic E-state index is 0.152. The van der Waals surface area contributed by atoms with Gasteiger partial charge in [0, 0.05) is 25.6 Å². The van der Waals surface area contributed by atoms with E-state index in [-0.39, 0.29) is 11.4 Å². The van der Waals surface area contributed by atoms with Gasteiger partial charge in [-0.25, -0.2) is 0 Å². The molecule has 3 heteroatoms. The lowest BCUT2D eigenvalue weighted by Gasteiger charge is -2.38. The van der Waals surface area contributed by atoms with Gasteiger partial charge < -0.3 is 10.6 Å². The Morgan fingerprint density at radius 3 is 2.72 bits per heavy atom. The molecule has 0 atom stereocenters. The molecule has 0 unspecified atom stereocenters. The number of hydrogen-bond donors (Lipinski definition) is 1. The summed E-state index contributed by atoms with van der Waals surface area (Å²) in [6.45, 7) is 2.73. The van der Waals surface area contributed by atoms with E-state index in [9.17, 15) is 4.79 Å². The number of nitrogens with two attached hydrogens (primary N) is 1. The van der Waals surface area contributed by atoms with Gasteiger partial charge in [0.15, 0.2) is 0 Å². The van der Waals surface area contributed by atoms with Crippen molar-refractivity contribution in [3.8, 4) is 0 Å². The predicted molar refractivity (Wildman–Crippen MR) is 73.0 cm³/mol. The van der Waals surface area contributed by atoms with Crippen LogP contribution in [0.2, 0.25) is 0 Å². The summed E-state index contributed by atoms with van der Waals surface area (Å²) in [6, 6.07) is 8.26. The second-order valence-corrected chi connectivity index (χ2v) is 5.63. The highest BCUT2D eigenvalue weighted by Crippen LogP contribution is 2.32. The highest BCUT2D eigenvalue weighted by Gasteiger charge is 2.35. The Morgan fingerprint density at radius 2 is 2.17 bits per heavy atom. The summed E-state index contributed by atoms with van der Waals surface area (Å²) >= 11 is 0. The van der Waals surface area contributed by atoms with Gasteiger partial charge in [-0.3, -0.25) is 4.79 Å². The molecule has 98 valence electrons. The molecule has 1 aromatic carbocycles. The number of carbonyl (C=O) groups excluding carboxylic acids is 1. The average molecular weight is 246 g/mol. The molecule has 1 aliphatic rings. The van der Waals surface area contributed by atoms with Gasteiger partial charge in [-0.2, -0.15) is 0 Å². The van der Waals surface area contributed by atoms with Gasteiger partial charge in [-0.15, -0.1) is 0 Å². The fourth-order valence-electron chi connectivity index (χ4n) is 2.42. The van der Waals surface area contributed by atoms with E-state index in [1.807, 2.05) is 13.1 Å². The standard InChI is InChI=1S/C15H22N2O/c1-12-5-3-6-13(9-12)11-17(2)14(18)10-15(16)7-4-8-15/h3,5-6,9H,4,7-8,10-11,16H2,1-2H3. The van der Waals surface area contributed by atoms with Crippen molar-refractivity contribution in [1.82, 2.24) is 4.90 Å². The monoisotopic (exact) mass is 246 g/mol. The zero-order valence-electron chi connectivity index (χ0n) is 11.3. The fourth-order valence-corrected chi connectivity index (χ4v) is 2.42. The third-order valence-corrected chi connectivity index (χ3v) is 3.78. The molecule has 2 N–H and O–H groups in total. The van der Waals surface area contributed by atoms with Crippen LogP contribution in [0.15, 0.2) is 24.3 Å². The van der Waals surface area contributed by atoms with Crippen molar-refractivity contribution in [2.75, 3.05) is 7.05 Å². The Bertz CT molecular complexity index is 438. The molecule has 0 spiro atoms. The van der Waals surface area contributed by atoms with Crippen LogP contribution in [0.1, 0.15) is 36.8 Å². The van der Waals surface area contributed by atoms with Crippen LogP contribution in [0.5, 0.6) is 0 Å².